The van der Waals surface area contributed by atoms with Crippen molar-refractivity contribution in [2.75, 3.05) is 14.2 Å². The van der Waals surface area contributed by atoms with Crippen LogP contribution in [0.1, 0.15) is 21.6 Å². The highest BCUT2D eigenvalue weighted by Gasteiger charge is 2.07. The number of hydrogen-bond donors (Lipinski definition) is 1. The number of hydrogen-bond acceptors (Lipinski definition) is 5. The quantitative estimate of drug-likeness (QED) is 0.547. The molecule has 0 aliphatic heterocycles. The van der Waals surface area contributed by atoms with Gasteiger partial charge in [-0.3, -0.25) is 0 Å². The molecule has 0 fully saturated rings. The van der Waals surface area contributed by atoms with Gasteiger partial charge < -0.3 is 19.5 Å². The number of thiophene rings is 1. The van der Waals surface area contributed by atoms with Gasteiger partial charge in [-0.2, -0.15) is 0 Å². The lowest BCUT2D eigenvalue weighted by Gasteiger charge is -2.12. The Morgan fingerprint density at radius 1 is 0.815 bits per heavy atom. The highest BCUT2D eigenvalue weighted by Crippen LogP contribution is 2.29. The Labute approximate surface area is 164 Å². The van der Waals surface area contributed by atoms with Crippen LogP contribution in [0, 0.1) is 0 Å². The molecule has 0 aliphatic carbocycles. The molecule has 0 saturated heterocycles. The van der Waals surface area contributed by atoms with Crippen molar-refractivity contribution in [1.82, 2.24) is 5.32 Å². The third-order valence-electron chi connectivity index (χ3n) is 4.14. The molecule has 0 aliphatic rings. The summed E-state index contributed by atoms with van der Waals surface area (Å²) >= 11 is 1.69. The highest BCUT2D eigenvalue weighted by atomic mass is 32.1. The molecule has 1 heterocycles. The van der Waals surface area contributed by atoms with Gasteiger partial charge in [0.15, 0.2) is 11.5 Å². The Morgan fingerprint density at radius 2 is 1.63 bits per heavy atom. The summed E-state index contributed by atoms with van der Waals surface area (Å²) in [4.78, 5) is 1.19. The van der Waals surface area contributed by atoms with E-state index in [4.69, 9.17) is 14.2 Å². The average Bonchev–Trinajstić information content (AvgIpc) is 3.21. The number of rotatable bonds is 10. The Balaban J connectivity index is 1.54. The summed E-state index contributed by atoms with van der Waals surface area (Å²) in [6.07, 6.45) is 0. The maximum absolute atomic E-state index is 5.89. The topological polar surface area (TPSA) is 39.7 Å². The maximum Gasteiger partial charge on any atom is 0.161 e. The van der Waals surface area contributed by atoms with E-state index in [9.17, 15) is 0 Å². The second-order valence-electron chi connectivity index (χ2n) is 6.21. The normalized spacial score (nSPS) is 10.7. The van der Waals surface area contributed by atoms with Gasteiger partial charge in [-0.25, -0.2) is 0 Å². The van der Waals surface area contributed by atoms with E-state index >= 15 is 0 Å². The monoisotopic (exact) mass is 383 g/mol. The number of benzene rings is 2. The smallest absolute Gasteiger partial charge is 0.161 e. The van der Waals surface area contributed by atoms with Gasteiger partial charge in [-0.05, 0) is 40.3 Å². The van der Waals surface area contributed by atoms with E-state index in [1.54, 1.807) is 25.6 Å². The first-order valence-electron chi connectivity index (χ1n) is 8.88. The predicted molar refractivity (Wildman–Crippen MR) is 109 cm³/mol. The molecular weight excluding hydrogens is 358 g/mol. The first kappa shape index (κ1) is 19.4. The second kappa shape index (κ2) is 10.1. The van der Waals surface area contributed by atoms with Crippen molar-refractivity contribution in [3.63, 3.8) is 0 Å². The largest absolute Gasteiger partial charge is 0.493 e. The second-order valence-corrected chi connectivity index (χ2v) is 7.24. The number of methoxy groups -OCH3 is 2. The lowest BCUT2D eigenvalue weighted by atomic mass is 10.1. The van der Waals surface area contributed by atoms with E-state index in [1.807, 2.05) is 18.2 Å². The van der Waals surface area contributed by atoms with Crippen LogP contribution in [0.25, 0.3) is 0 Å². The van der Waals surface area contributed by atoms with Gasteiger partial charge in [-0.1, -0.05) is 36.4 Å². The fourth-order valence-corrected chi connectivity index (χ4v) is 3.45. The van der Waals surface area contributed by atoms with Gasteiger partial charge in [0.05, 0.1) is 13.7 Å². The van der Waals surface area contributed by atoms with E-state index in [1.165, 1.54) is 16.0 Å². The van der Waals surface area contributed by atoms with Crippen molar-refractivity contribution in [3.05, 3.63) is 81.5 Å². The van der Waals surface area contributed by atoms with Crippen molar-refractivity contribution < 1.29 is 14.2 Å². The Morgan fingerprint density at radius 3 is 2.37 bits per heavy atom. The van der Waals surface area contributed by atoms with Crippen molar-refractivity contribution in [3.8, 4) is 11.5 Å². The lowest BCUT2D eigenvalue weighted by molar-refractivity contribution is 0.185. The molecule has 3 rings (SSSR count). The number of nitrogens with one attached hydrogen (secondary N) is 1. The van der Waals surface area contributed by atoms with Crippen LogP contribution in [0.5, 0.6) is 11.5 Å². The zero-order valence-corrected chi connectivity index (χ0v) is 16.6. The molecule has 1 N–H and O–H groups in total. The first-order chi connectivity index (χ1) is 13.3. The van der Waals surface area contributed by atoms with Crippen LogP contribution < -0.4 is 14.8 Å². The summed E-state index contributed by atoms with van der Waals surface area (Å²) < 4.78 is 16.6. The van der Waals surface area contributed by atoms with E-state index < -0.39 is 0 Å². The zero-order chi connectivity index (χ0) is 18.9. The lowest BCUT2D eigenvalue weighted by Crippen LogP contribution is -2.13. The van der Waals surface area contributed by atoms with Crippen LogP contribution in [-0.2, 0) is 31.0 Å². The van der Waals surface area contributed by atoms with E-state index in [2.05, 4.69) is 47.1 Å². The van der Waals surface area contributed by atoms with Crippen LogP contribution in [0.4, 0.5) is 0 Å². The third kappa shape index (κ3) is 5.82. The van der Waals surface area contributed by atoms with Crippen LogP contribution in [-0.4, -0.2) is 14.2 Å². The Bertz CT molecular complexity index is 833. The van der Waals surface area contributed by atoms with E-state index in [-0.39, 0.29) is 0 Å². The summed E-state index contributed by atoms with van der Waals surface area (Å²) in [6, 6.07) is 18.6. The minimum atomic E-state index is 0.559. The predicted octanol–water partition coefficient (Wildman–Crippen LogP) is 4.77. The molecule has 1 aromatic heterocycles. The zero-order valence-electron chi connectivity index (χ0n) is 15.7. The van der Waals surface area contributed by atoms with Gasteiger partial charge >= 0.3 is 0 Å². The van der Waals surface area contributed by atoms with E-state index in [0.717, 1.165) is 30.2 Å². The van der Waals surface area contributed by atoms with E-state index in [0.29, 0.717) is 13.2 Å². The minimum absolute atomic E-state index is 0.559. The van der Waals surface area contributed by atoms with Gasteiger partial charge in [0.25, 0.3) is 0 Å². The Kier molecular flexibility index (Phi) is 7.27. The molecule has 0 unspecified atom stereocenters. The molecular formula is C22H25NO3S. The van der Waals surface area contributed by atoms with Crippen LogP contribution >= 0.6 is 11.3 Å². The molecule has 5 heteroatoms. The molecule has 3 aromatic rings. The Hall–Kier alpha value is -2.34. The first-order valence-corrected chi connectivity index (χ1v) is 9.76. The fourth-order valence-electron chi connectivity index (χ4n) is 2.83. The molecule has 0 radical (unpaired) electrons. The molecule has 4 nitrogen and oxygen atoms in total. The average molecular weight is 384 g/mol. The van der Waals surface area contributed by atoms with Crippen LogP contribution in [0.2, 0.25) is 0 Å². The standard InChI is InChI=1S/C22H25NO3S/c1-24-15-19-6-3-5-17(11-19)13-23-14-18-8-9-21(22(12-18)25-2)26-16-20-7-4-10-27-20/h3-12,23H,13-16H2,1-2H3. The maximum atomic E-state index is 5.89. The van der Waals surface area contributed by atoms with Gasteiger partial charge in [0.1, 0.15) is 6.61 Å². The number of ether oxygens (including phenoxy) is 3. The van der Waals surface area contributed by atoms with Crippen LogP contribution in [0.15, 0.2) is 60.0 Å². The van der Waals surface area contributed by atoms with Crippen molar-refractivity contribution in [2.45, 2.75) is 26.3 Å². The minimum Gasteiger partial charge on any atom is -0.493 e. The van der Waals surface area contributed by atoms with Gasteiger partial charge in [-0.15, -0.1) is 11.3 Å². The fraction of sp³-hybridized carbons (Fsp3) is 0.273. The molecule has 2 aromatic carbocycles. The van der Waals surface area contributed by atoms with Gasteiger partial charge in [0.2, 0.25) is 0 Å². The van der Waals surface area contributed by atoms with Crippen molar-refractivity contribution in [2.24, 2.45) is 0 Å². The molecule has 0 spiro atoms. The summed E-state index contributed by atoms with van der Waals surface area (Å²) in [5, 5.41) is 5.53. The van der Waals surface area contributed by atoms with Crippen molar-refractivity contribution in [1.29, 1.82) is 0 Å². The molecule has 0 atom stereocenters. The molecule has 0 amide bonds. The molecule has 142 valence electrons. The van der Waals surface area contributed by atoms with Gasteiger partial charge in [0, 0.05) is 25.1 Å². The summed E-state index contributed by atoms with van der Waals surface area (Å²) in [7, 11) is 3.39. The van der Waals surface area contributed by atoms with Crippen LogP contribution in [0.3, 0.4) is 0 Å². The summed E-state index contributed by atoms with van der Waals surface area (Å²) in [5.74, 6) is 1.52. The molecule has 0 saturated carbocycles. The highest BCUT2D eigenvalue weighted by molar-refractivity contribution is 7.09. The van der Waals surface area contributed by atoms with Crippen molar-refractivity contribution >= 4 is 11.3 Å². The summed E-state index contributed by atoms with van der Waals surface area (Å²) in [5.41, 5.74) is 3.58. The summed E-state index contributed by atoms with van der Waals surface area (Å²) in [6.45, 7) is 2.76. The SMILES string of the molecule is COCc1cccc(CNCc2ccc(OCc3cccs3)c(OC)c2)c1. The third-order valence-corrected chi connectivity index (χ3v) is 4.99. The molecule has 0 bridgehead atoms. The molecule has 27 heavy (non-hydrogen) atoms.